The Hall–Kier alpha value is -1.34. The van der Waals surface area contributed by atoms with Gasteiger partial charge in [-0.1, -0.05) is 11.3 Å². The second-order valence-electron chi connectivity index (χ2n) is 5.37. The second-order valence-corrected chi connectivity index (χ2v) is 6.37. The highest BCUT2D eigenvalue weighted by atomic mass is 32.1. The van der Waals surface area contributed by atoms with Crippen LogP contribution in [-0.2, 0) is 4.74 Å². The molecule has 1 saturated heterocycles. The van der Waals surface area contributed by atoms with Gasteiger partial charge in [0.25, 0.3) is 5.91 Å². The van der Waals surface area contributed by atoms with E-state index in [1.54, 1.807) is 0 Å². The first-order valence-electron chi connectivity index (χ1n) is 6.90. The van der Waals surface area contributed by atoms with Gasteiger partial charge in [-0.15, -0.1) is 0 Å². The maximum absolute atomic E-state index is 12.1. The molecule has 1 aromatic rings. The number of anilines is 2. The van der Waals surface area contributed by atoms with E-state index in [2.05, 4.69) is 15.6 Å². The quantitative estimate of drug-likeness (QED) is 0.770. The van der Waals surface area contributed by atoms with Crippen molar-refractivity contribution in [1.29, 1.82) is 0 Å². The van der Waals surface area contributed by atoms with Crippen molar-refractivity contribution in [1.82, 2.24) is 10.3 Å². The van der Waals surface area contributed by atoms with Gasteiger partial charge < -0.3 is 21.1 Å². The number of amides is 1. The minimum atomic E-state index is -0.157. The fourth-order valence-electron chi connectivity index (χ4n) is 2.15. The first-order valence-corrected chi connectivity index (χ1v) is 7.71. The van der Waals surface area contributed by atoms with E-state index >= 15 is 0 Å². The van der Waals surface area contributed by atoms with E-state index in [-0.39, 0.29) is 23.9 Å². The molecule has 4 N–H and O–H groups in total. The van der Waals surface area contributed by atoms with Crippen LogP contribution >= 0.6 is 11.3 Å². The van der Waals surface area contributed by atoms with Crippen LogP contribution in [0.25, 0.3) is 0 Å². The monoisotopic (exact) mass is 298 g/mol. The third-order valence-corrected chi connectivity index (χ3v) is 4.33. The Morgan fingerprint density at radius 3 is 2.95 bits per heavy atom. The maximum atomic E-state index is 12.1. The Morgan fingerprint density at radius 2 is 2.35 bits per heavy atom. The molecule has 0 spiro atoms. The Morgan fingerprint density at radius 1 is 1.60 bits per heavy atom. The molecule has 1 aromatic heterocycles. The summed E-state index contributed by atoms with van der Waals surface area (Å²) in [7, 11) is 0. The predicted octanol–water partition coefficient (Wildman–Crippen LogP) is 1.70. The van der Waals surface area contributed by atoms with Crippen molar-refractivity contribution in [3.63, 3.8) is 0 Å². The number of carbonyl (C=O) groups is 1. The molecule has 1 aliphatic rings. The molecule has 20 heavy (non-hydrogen) atoms. The van der Waals surface area contributed by atoms with Gasteiger partial charge in [0.2, 0.25) is 0 Å². The van der Waals surface area contributed by atoms with E-state index in [1.807, 2.05) is 20.8 Å². The van der Waals surface area contributed by atoms with Crippen LogP contribution in [0.3, 0.4) is 0 Å². The Kier molecular flexibility index (Phi) is 4.82. The largest absolute Gasteiger partial charge is 0.382 e. The summed E-state index contributed by atoms with van der Waals surface area (Å²) in [6.45, 7) is 7.45. The number of carbonyl (C=O) groups excluding carboxylic acids is 1. The molecule has 1 aliphatic heterocycles. The standard InChI is InChI=1S/C13H22N4O2S/c1-7(2)16-13-17-11(14)10(20-13)12(18)15-6-9-4-5-19-8(9)3/h7-9H,4-6,14H2,1-3H3,(H,15,18)(H,16,17). The van der Waals surface area contributed by atoms with Crippen LogP contribution in [0.2, 0.25) is 0 Å². The molecule has 2 rings (SSSR count). The van der Waals surface area contributed by atoms with E-state index in [0.717, 1.165) is 13.0 Å². The molecule has 0 aromatic carbocycles. The summed E-state index contributed by atoms with van der Waals surface area (Å²) >= 11 is 1.29. The molecular weight excluding hydrogens is 276 g/mol. The van der Waals surface area contributed by atoms with Crippen molar-refractivity contribution >= 4 is 28.2 Å². The molecule has 1 fully saturated rings. The Bertz CT molecular complexity index is 475. The number of nitrogens with one attached hydrogen (secondary N) is 2. The van der Waals surface area contributed by atoms with Crippen LogP contribution in [-0.4, -0.2) is 36.2 Å². The number of ether oxygens (including phenoxy) is 1. The van der Waals surface area contributed by atoms with Gasteiger partial charge in [0.15, 0.2) is 5.13 Å². The molecule has 0 bridgehead atoms. The van der Waals surface area contributed by atoms with Crippen molar-refractivity contribution in [3.8, 4) is 0 Å². The number of rotatable bonds is 5. The van der Waals surface area contributed by atoms with Gasteiger partial charge in [-0.3, -0.25) is 4.79 Å². The fraction of sp³-hybridized carbons (Fsp3) is 0.692. The highest BCUT2D eigenvalue weighted by molar-refractivity contribution is 7.18. The van der Waals surface area contributed by atoms with Gasteiger partial charge in [-0.2, -0.15) is 0 Å². The lowest BCUT2D eigenvalue weighted by molar-refractivity contribution is 0.0911. The zero-order valence-electron chi connectivity index (χ0n) is 12.1. The average molecular weight is 298 g/mol. The molecule has 2 heterocycles. The zero-order valence-corrected chi connectivity index (χ0v) is 12.9. The molecular formula is C13H22N4O2S. The molecule has 0 saturated carbocycles. The number of aromatic nitrogens is 1. The van der Waals surface area contributed by atoms with E-state index < -0.39 is 0 Å². The molecule has 112 valence electrons. The zero-order chi connectivity index (χ0) is 14.7. The topological polar surface area (TPSA) is 89.3 Å². The minimum Gasteiger partial charge on any atom is -0.382 e. The van der Waals surface area contributed by atoms with Crippen LogP contribution in [0.4, 0.5) is 10.9 Å². The van der Waals surface area contributed by atoms with E-state index in [0.29, 0.717) is 22.5 Å². The number of hydrogen-bond acceptors (Lipinski definition) is 6. The lowest BCUT2D eigenvalue weighted by Crippen LogP contribution is -2.31. The van der Waals surface area contributed by atoms with Crippen LogP contribution in [0, 0.1) is 5.92 Å². The molecule has 7 heteroatoms. The van der Waals surface area contributed by atoms with Crippen molar-refractivity contribution < 1.29 is 9.53 Å². The lowest BCUT2D eigenvalue weighted by Gasteiger charge is -2.14. The maximum Gasteiger partial charge on any atom is 0.265 e. The van der Waals surface area contributed by atoms with Crippen molar-refractivity contribution in [2.24, 2.45) is 5.92 Å². The summed E-state index contributed by atoms with van der Waals surface area (Å²) in [5, 5.41) is 6.76. The third-order valence-electron chi connectivity index (χ3n) is 3.33. The third kappa shape index (κ3) is 3.61. The summed E-state index contributed by atoms with van der Waals surface area (Å²) in [5.41, 5.74) is 5.80. The molecule has 0 aliphatic carbocycles. The minimum absolute atomic E-state index is 0.157. The summed E-state index contributed by atoms with van der Waals surface area (Å²) < 4.78 is 5.48. The smallest absolute Gasteiger partial charge is 0.265 e. The number of hydrogen-bond donors (Lipinski definition) is 3. The van der Waals surface area contributed by atoms with Crippen molar-refractivity contribution in [2.45, 2.75) is 39.3 Å². The molecule has 2 atom stereocenters. The molecule has 2 unspecified atom stereocenters. The van der Waals surface area contributed by atoms with Gasteiger partial charge in [-0.05, 0) is 27.2 Å². The normalized spacial score (nSPS) is 22.2. The van der Waals surface area contributed by atoms with E-state index in [1.165, 1.54) is 11.3 Å². The van der Waals surface area contributed by atoms with Crippen LogP contribution in [0.1, 0.15) is 36.9 Å². The van der Waals surface area contributed by atoms with Gasteiger partial charge in [-0.25, -0.2) is 4.98 Å². The number of nitrogen functional groups attached to an aromatic ring is 1. The molecule has 6 nitrogen and oxygen atoms in total. The van der Waals surface area contributed by atoms with Gasteiger partial charge >= 0.3 is 0 Å². The number of nitrogens with two attached hydrogens (primary N) is 1. The lowest BCUT2D eigenvalue weighted by atomic mass is 10.0. The first kappa shape index (κ1) is 15.1. The summed E-state index contributed by atoms with van der Waals surface area (Å²) in [6.07, 6.45) is 1.19. The Balaban J connectivity index is 1.93. The SMILES string of the molecule is CC(C)Nc1nc(N)c(C(=O)NCC2CCOC2C)s1. The van der Waals surface area contributed by atoms with Gasteiger partial charge in [0, 0.05) is 25.1 Å². The average Bonchev–Trinajstić information content (AvgIpc) is 2.92. The summed E-state index contributed by atoms with van der Waals surface area (Å²) in [4.78, 5) is 16.8. The second kappa shape index (κ2) is 6.41. The summed E-state index contributed by atoms with van der Waals surface area (Å²) in [5.74, 6) is 0.503. The number of nitrogens with zero attached hydrogens (tertiary/aromatic N) is 1. The highest BCUT2D eigenvalue weighted by Gasteiger charge is 2.25. The van der Waals surface area contributed by atoms with Crippen molar-refractivity contribution in [3.05, 3.63) is 4.88 Å². The molecule has 0 radical (unpaired) electrons. The summed E-state index contributed by atoms with van der Waals surface area (Å²) in [6, 6.07) is 0.257. The van der Waals surface area contributed by atoms with Crippen LogP contribution in [0.15, 0.2) is 0 Å². The van der Waals surface area contributed by atoms with Crippen LogP contribution < -0.4 is 16.4 Å². The fourth-order valence-corrected chi connectivity index (χ4v) is 3.10. The first-order chi connectivity index (χ1) is 9.47. The van der Waals surface area contributed by atoms with Crippen LogP contribution in [0.5, 0.6) is 0 Å². The van der Waals surface area contributed by atoms with Gasteiger partial charge in [0.1, 0.15) is 10.7 Å². The number of thiazole rings is 1. The van der Waals surface area contributed by atoms with E-state index in [4.69, 9.17) is 10.5 Å². The predicted molar refractivity (Wildman–Crippen MR) is 81.1 cm³/mol. The van der Waals surface area contributed by atoms with Gasteiger partial charge in [0.05, 0.1) is 6.10 Å². The Labute approximate surface area is 123 Å². The van der Waals surface area contributed by atoms with Crippen molar-refractivity contribution in [2.75, 3.05) is 24.2 Å². The van der Waals surface area contributed by atoms with E-state index in [9.17, 15) is 4.79 Å². The molecule has 1 amide bonds. The highest BCUT2D eigenvalue weighted by Crippen LogP contribution is 2.26.